The van der Waals surface area contributed by atoms with Gasteiger partial charge >= 0.3 is 6.09 Å². The number of carbonyl (C=O) groups excluding carboxylic acids is 2. The van der Waals surface area contributed by atoms with Gasteiger partial charge in [-0.15, -0.1) is 0 Å². The smallest absolute Gasteiger partial charge is 0.407 e. The molecule has 28 heavy (non-hydrogen) atoms. The van der Waals surface area contributed by atoms with Gasteiger partial charge in [0, 0.05) is 30.8 Å². The number of aromatic nitrogens is 3. The van der Waals surface area contributed by atoms with Crippen LogP contribution >= 0.6 is 0 Å². The summed E-state index contributed by atoms with van der Waals surface area (Å²) in [6, 6.07) is 4.29. The summed E-state index contributed by atoms with van der Waals surface area (Å²) >= 11 is 0. The largest absolute Gasteiger partial charge is 0.446 e. The first-order valence-corrected chi connectivity index (χ1v) is 9.30. The number of H-pyrrole nitrogens is 1. The second-order valence-electron chi connectivity index (χ2n) is 6.93. The number of aromatic amines is 1. The minimum atomic E-state index is -0.576. The first-order valence-electron chi connectivity index (χ1n) is 9.30. The number of halogens is 1. The molecular formula is C18H21FN6O3. The SMILES string of the molecule is O=C1NCCCNC(=O)c2ccc(F)c(n2)Nc2cc([nH]n2)[C@H]2CC[C@H](C2)O1. The van der Waals surface area contributed by atoms with E-state index in [0.29, 0.717) is 31.7 Å². The molecule has 148 valence electrons. The number of hydrogen-bond acceptors (Lipinski definition) is 6. The molecule has 0 spiro atoms. The monoisotopic (exact) mass is 388 g/mol. The summed E-state index contributed by atoms with van der Waals surface area (Å²) in [4.78, 5) is 28.2. The zero-order chi connectivity index (χ0) is 19.5. The van der Waals surface area contributed by atoms with E-state index in [9.17, 15) is 14.0 Å². The van der Waals surface area contributed by atoms with Crippen LogP contribution in [-0.2, 0) is 4.74 Å². The third-order valence-electron chi connectivity index (χ3n) is 4.93. The molecular weight excluding hydrogens is 367 g/mol. The highest BCUT2D eigenvalue weighted by Gasteiger charge is 2.30. The number of anilines is 2. The Morgan fingerprint density at radius 2 is 2.00 bits per heavy atom. The van der Waals surface area contributed by atoms with Gasteiger partial charge in [0.05, 0.1) is 0 Å². The maximum absolute atomic E-state index is 14.1. The molecule has 1 saturated carbocycles. The minimum absolute atomic E-state index is 0.0632. The Kier molecular flexibility index (Phi) is 5.09. The Morgan fingerprint density at radius 1 is 1.14 bits per heavy atom. The van der Waals surface area contributed by atoms with Crippen molar-refractivity contribution in [2.75, 3.05) is 18.4 Å². The predicted molar refractivity (Wildman–Crippen MR) is 97.9 cm³/mol. The molecule has 0 aromatic carbocycles. The van der Waals surface area contributed by atoms with Crippen LogP contribution in [-0.4, -0.2) is 46.4 Å². The minimum Gasteiger partial charge on any atom is -0.446 e. The van der Waals surface area contributed by atoms with Crippen molar-refractivity contribution in [2.24, 2.45) is 0 Å². The molecule has 0 saturated heterocycles. The quantitative estimate of drug-likeness (QED) is 0.549. The molecule has 1 aliphatic carbocycles. The Morgan fingerprint density at radius 3 is 2.89 bits per heavy atom. The van der Waals surface area contributed by atoms with Crippen molar-refractivity contribution in [1.82, 2.24) is 25.8 Å². The molecule has 0 unspecified atom stereocenters. The molecule has 0 radical (unpaired) electrons. The molecule has 2 amide bonds. The second kappa shape index (κ2) is 7.83. The molecule has 10 heteroatoms. The van der Waals surface area contributed by atoms with Gasteiger partial charge in [-0.1, -0.05) is 0 Å². The lowest BCUT2D eigenvalue weighted by atomic mass is 10.0. The molecule has 2 atom stereocenters. The number of nitrogens with zero attached hydrogens (tertiary/aromatic N) is 2. The summed E-state index contributed by atoms with van der Waals surface area (Å²) in [7, 11) is 0. The number of alkyl carbamates (subject to hydrolysis) is 1. The van der Waals surface area contributed by atoms with Crippen LogP contribution in [0.25, 0.3) is 0 Å². The fourth-order valence-corrected chi connectivity index (χ4v) is 3.48. The number of carbonyl (C=O) groups is 2. The van der Waals surface area contributed by atoms with E-state index in [1.165, 1.54) is 12.1 Å². The average Bonchev–Trinajstić information content (AvgIpc) is 3.32. The van der Waals surface area contributed by atoms with Gasteiger partial charge in [-0.05, 0) is 37.8 Å². The van der Waals surface area contributed by atoms with E-state index >= 15 is 0 Å². The number of rotatable bonds is 0. The topological polar surface area (TPSA) is 121 Å². The van der Waals surface area contributed by atoms with Crippen molar-refractivity contribution >= 4 is 23.6 Å². The second-order valence-corrected chi connectivity index (χ2v) is 6.93. The summed E-state index contributed by atoms with van der Waals surface area (Å²) < 4.78 is 19.6. The van der Waals surface area contributed by atoms with Crippen molar-refractivity contribution in [3.63, 3.8) is 0 Å². The summed E-state index contributed by atoms with van der Waals surface area (Å²) in [5, 5.41) is 15.3. The molecule has 1 aliphatic heterocycles. The third kappa shape index (κ3) is 4.05. The maximum Gasteiger partial charge on any atom is 0.407 e. The van der Waals surface area contributed by atoms with Crippen LogP contribution in [0.2, 0.25) is 0 Å². The molecule has 2 aromatic heterocycles. The highest BCUT2D eigenvalue weighted by Crippen LogP contribution is 2.36. The predicted octanol–water partition coefficient (Wildman–Crippen LogP) is 2.18. The van der Waals surface area contributed by atoms with Crippen molar-refractivity contribution in [3.8, 4) is 0 Å². The molecule has 2 aromatic rings. The van der Waals surface area contributed by atoms with Crippen LogP contribution in [0.5, 0.6) is 0 Å². The normalized spacial score (nSPS) is 22.9. The molecule has 6 bridgehead atoms. The van der Waals surface area contributed by atoms with Gasteiger partial charge in [0.2, 0.25) is 0 Å². The van der Waals surface area contributed by atoms with Gasteiger partial charge in [-0.2, -0.15) is 5.10 Å². The highest BCUT2D eigenvalue weighted by molar-refractivity contribution is 5.92. The van der Waals surface area contributed by atoms with Crippen molar-refractivity contribution in [3.05, 3.63) is 35.4 Å². The van der Waals surface area contributed by atoms with E-state index in [2.05, 4.69) is 31.1 Å². The number of pyridine rings is 1. The van der Waals surface area contributed by atoms with Gasteiger partial charge in [0.25, 0.3) is 5.91 Å². The molecule has 4 N–H and O–H groups in total. The standard InChI is InChI=1S/C18H21FN6O3/c19-12-4-5-13-17(26)20-6-1-7-21-18(27)28-11-3-2-10(8-11)14-9-15(25-24-14)23-16(12)22-13/h4-5,9-11H,1-3,6-8H2,(H,20,26)(H,21,27)(H2,22,23,24,25)/t10-,11+/m0/s1. The average molecular weight is 388 g/mol. The first-order chi connectivity index (χ1) is 13.6. The van der Waals surface area contributed by atoms with E-state index in [1.807, 2.05) is 0 Å². The van der Waals surface area contributed by atoms with E-state index in [4.69, 9.17) is 4.74 Å². The first kappa shape index (κ1) is 18.2. The molecule has 4 rings (SSSR count). The fourth-order valence-electron chi connectivity index (χ4n) is 3.48. The number of ether oxygens (including phenoxy) is 1. The van der Waals surface area contributed by atoms with Crippen LogP contribution in [0.3, 0.4) is 0 Å². The van der Waals surface area contributed by atoms with Crippen molar-refractivity contribution in [2.45, 2.75) is 37.7 Å². The Balaban J connectivity index is 1.58. The Bertz CT molecular complexity index is 886. The lowest BCUT2D eigenvalue weighted by molar-refractivity contribution is 0.0948. The number of fused-ring (bicyclic) bond motifs is 7. The Hall–Kier alpha value is -3.17. The molecule has 2 aliphatic rings. The number of hydrogen-bond donors (Lipinski definition) is 4. The van der Waals surface area contributed by atoms with Gasteiger partial charge in [-0.3, -0.25) is 9.89 Å². The van der Waals surface area contributed by atoms with Crippen LogP contribution in [0.4, 0.5) is 20.8 Å². The van der Waals surface area contributed by atoms with Crippen LogP contribution in [0.15, 0.2) is 18.2 Å². The van der Waals surface area contributed by atoms with Crippen LogP contribution in [0.1, 0.15) is 47.8 Å². The van der Waals surface area contributed by atoms with Crippen LogP contribution in [0, 0.1) is 5.82 Å². The fraction of sp³-hybridized carbons (Fsp3) is 0.444. The van der Waals surface area contributed by atoms with Gasteiger partial charge < -0.3 is 20.7 Å². The van der Waals surface area contributed by atoms with Gasteiger partial charge in [0.1, 0.15) is 11.8 Å². The number of nitrogens with one attached hydrogen (secondary N) is 4. The Labute approximate surface area is 160 Å². The van der Waals surface area contributed by atoms with E-state index in [0.717, 1.165) is 18.5 Å². The number of amides is 2. The summed E-state index contributed by atoms with van der Waals surface area (Å²) in [6.45, 7) is 0.720. The maximum atomic E-state index is 14.1. The molecule has 9 nitrogen and oxygen atoms in total. The van der Waals surface area contributed by atoms with Crippen LogP contribution < -0.4 is 16.0 Å². The lowest BCUT2D eigenvalue weighted by Gasteiger charge is -2.13. The van der Waals surface area contributed by atoms with Gasteiger partial charge in [-0.25, -0.2) is 14.2 Å². The van der Waals surface area contributed by atoms with E-state index < -0.39 is 17.8 Å². The molecule has 3 heterocycles. The van der Waals surface area contributed by atoms with Gasteiger partial charge in [0.15, 0.2) is 17.5 Å². The lowest BCUT2D eigenvalue weighted by Crippen LogP contribution is -2.32. The van der Waals surface area contributed by atoms with Crippen molar-refractivity contribution in [1.29, 1.82) is 0 Å². The summed E-state index contributed by atoms with van der Waals surface area (Å²) in [6.07, 6.45) is 2.27. The van der Waals surface area contributed by atoms with E-state index in [1.54, 1.807) is 6.07 Å². The van der Waals surface area contributed by atoms with Crippen molar-refractivity contribution < 1.29 is 18.7 Å². The summed E-state index contributed by atoms with van der Waals surface area (Å²) in [5.41, 5.74) is 0.969. The van der Waals surface area contributed by atoms with E-state index in [-0.39, 0.29) is 23.5 Å². The zero-order valence-corrected chi connectivity index (χ0v) is 15.1. The molecule has 1 fully saturated rings. The highest BCUT2D eigenvalue weighted by atomic mass is 19.1. The zero-order valence-electron chi connectivity index (χ0n) is 15.1. The third-order valence-corrected chi connectivity index (χ3v) is 4.93. The summed E-state index contributed by atoms with van der Waals surface area (Å²) in [5.74, 6) is -0.483.